The van der Waals surface area contributed by atoms with Crippen LogP contribution >= 0.6 is 0 Å². The molecule has 13 nitrogen and oxygen atoms in total. The molecule has 0 bridgehead atoms. The molecule has 1 saturated heterocycles. The van der Waals surface area contributed by atoms with Gasteiger partial charge in [-0.3, -0.25) is 4.79 Å². The Bertz CT molecular complexity index is 1590. The third-order valence-electron chi connectivity index (χ3n) is 6.87. The number of fused-ring (bicyclic) bond motifs is 3. The molecule has 1 atom stereocenters. The molecule has 5 heterocycles. The highest BCUT2D eigenvalue weighted by molar-refractivity contribution is 5.92. The van der Waals surface area contributed by atoms with Crippen molar-refractivity contribution in [2.45, 2.75) is 13.0 Å². The van der Waals surface area contributed by atoms with Gasteiger partial charge in [-0.05, 0) is 43.3 Å². The SMILES string of the molecule is COCCOc1ccc(N2CCN(C(=O)[C@@H](C)n3ncc4c3nc(N)n3nc(-c5ccco5)nc43)CC2)cc1. The molecule has 1 fully saturated rings. The summed E-state index contributed by atoms with van der Waals surface area (Å²) in [5.74, 6) is 1.84. The van der Waals surface area contributed by atoms with Gasteiger partial charge < -0.3 is 29.4 Å². The highest BCUT2D eigenvalue weighted by atomic mass is 16.5. The van der Waals surface area contributed by atoms with Crippen LogP contribution in [0.4, 0.5) is 11.6 Å². The Hall–Kier alpha value is -4.65. The number of nitrogens with zero attached hydrogens (tertiary/aromatic N) is 8. The summed E-state index contributed by atoms with van der Waals surface area (Å²) in [6.07, 6.45) is 3.20. The van der Waals surface area contributed by atoms with Gasteiger partial charge in [-0.1, -0.05) is 0 Å². The van der Waals surface area contributed by atoms with Crippen molar-refractivity contribution in [2.24, 2.45) is 0 Å². The number of rotatable bonds is 8. The van der Waals surface area contributed by atoms with E-state index in [1.54, 1.807) is 36.4 Å². The van der Waals surface area contributed by atoms with Crippen molar-refractivity contribution in [1.29, 1.82) is 0 Å². The van der Waals surface area contributed by atoms with Crippen LogP contribution in [0.1, 0.15) is 13.0 Å². The minimum absolute atomic E-state index is 0.0282. The Morgan fingerprint density at radius 1 is 1.08 bits per heavy atom. The molecule has 39 heavy (non-hydrogen) atoms. The van der Waals surface area contributed by atoms with E-state index in [9.17, 15) is 4.79 Å². The Morgan fingerprint density at radius 2 is 1.87 bits per heavy atom. The number of hydrogen-bond donors (Lipinski definition) is 1. The van der Waals surface area contributed by atoms with Crippen molar-refractivity contribution in [1.82, 2.24) is 34.3 Å². The molecule has 0 spiro atoms. The molecule has 4 aromatic heterocycles. The predicted octanol–water partition coefficient (Wildman–Crippen LogP) is 2.25. The van der Waals surface area contributed by atoms with Crippen LogP contribution in [0.3, 0.4) is 0 Å². The molecule has 0 saturated carbocycles. The van der Waals surface area contributed by atoms with E-state index in [1.807, 2.05) is 36.1 Å². The summed E-state index contributed by atoms with van der Waals surface area (Å²) in [5.41, 5.74) is 8.28. The first kappa shape index (κ1) is 24.7. The van der Waals surface area contributed by atoms with Crippen LogP contribution in [0.15, 0.2) is 53.3 Å². The van der Waals surface area contributed by atoms with Crippen molar-refractivity contribution in [3.05, 3.63) is 48.9 Å². The van der Waals surface area contributed by atoms with Crippen molar-refractivity contribution < 1.29 is 18.7 Å². The lowest BCUT2D eigenvalue weighted by Gasteiger charge is -2.37. The lowest BCUT2D eigenvalue weighted by Crippen LogP contribution is -2.50. The molecule has 0 unspecified atom stereocenters. The van der Waals surface area contributed by atoms with Gasteiger partial charge in [0, 0.05) is 39.0 Å². The molecule has 1 aliphatic heterocycles. The van der Waals surface area contributed by atoms with Gasteiger partial charge >= 0.3 is 0 Å². The number of furan rings is 1. The summed E-state index contributed by atoms with van der Waals surface area (Å²) < 4.78 is 19.1. The monoisotopic (exact) mass is 531 g/mol. The normalized spacial score (nSPS) is 14.8. The average molecular weight is 532 g/mol. The number of piperazine rings is 1. The maximum absolute atomic E-state index is 13.5. The summed E-state index contributed by atoms with van der Waals surface area (Å²) >= 11 is 0. The molecule has 0 aliphatic carbocycles. The maximum atomic E-state index is 13.5. The summed E-state index contributed by atoms with van der Waals surface area (Å²) in [6, 6.07) is 11.0. The van der Waals surface area contributed by atoms with Crippen LogP contribution in [0.5, 0.6) is 5.75 Å². The Morgan fingerprint density at radius 3 is 2.59 bits per heavy atom. The second-order valence-electron chi connectivity index (χ2n) is 9.27. The van der Waals surface area contributed by atoms with E-state index in [-0.39, 0.29) is 11.9 Å². The maximum Gasteiger partial charge on any atom is 0.247 e. The summed E-state index contributed by atoms with van der Waals surface area (Å²) in [5, 5.41) is 9.55. The molecule has 0 radical (unpaired) electrons. The minimum Gasteiger partial charge on any atom is -0.491 e. The van der Waals surface area contributed by atoms with E-state index in [4.69, 9.17) is 19.6 Å². The number of nitrogen functional groups attached to an aromatic ring is 1. The van der Waals surface area contributed by atoms with E-state index < -0.39 is 6.04 Å². The predicted molar refractivity (Wildman–Crippen MR) is 144 cm³/mol. The van der Waals surface area contributed by atoms with Crippen LogP contribution in [-0.4, -0.2) is 86.7 Å². The Kier molecular flexibility index (Phi) is 6.49. The Labute approximate surface area is 223 Å². The molecule has 1 aliphatic rings. The van der Waals surface area contributed by atoms with Gasteiger partial charge in [-0.25, -0.2) is 9.67 Å². The molecule has 202 valence electrons. The van der Waals surface area contributed by atoms with E-state index >= 15 is 0 Å². The standard InChI is InChI=1S/C26H29N9O4/c1-17(25(36)33-11-9-32(10-12-33)18-5-7-19(8-6-18)38-15-14-37-2)34-24-20(16-28-34)23-29-22(21-4-3-13-39-21)31-35(23)26(27)30-24/h3-8,13,16-17H,9-12,14-15H2,1-2H3,(H2,27,30)/t17-/m1/s1. The number of carbonyl (C=O) groups is 1. The summed E-state index contributed by atoms with van der Waals surface area (Å²) in [7, 11) is 1.65. The number of nitrogens with two attached hydrogens (primary N) is 1. The molecule has 1 amide bonds. The zero-order valence-corrected chi connectivity index (χ0v) is 21.7. The number of hydrogen-bond acceptors (Lipinski definition) is 10. The van der Waals surface area contributed by atoms with Crippen LogP contribution in [0.2, 0.25) is 0 Å². The quantitative estimate of drug-likeness (QED) is 0.296. The van der Waals surface area contributed by atoms with Gasteiger partial charge in [0.15, 0.2) is 17.1 Å². The second kappa shape index (κ2) is 10.3. The number of anilines is 2. The zero-order valence-electron chi connectivity index (χ0n) is 21.7. The van der Waals surface area contributed by atoms with Crippen LogP contribution in [-0.2, 0) is 9.53 Å². The average Bonchev–Trinajstić information content (AvgIpc) is 3.73. The fourth-order valence-electron chi connectivity index (χ4n) is 4.77. The van der Waals surface area contributed by atoms with Gasteiger partial charge in [0.1, 0.15) is 18.4 Å². The number of methoxy groups -OCH3 is 1. The third-order valence-corrected chi connectivity index (χ3v) is 6.87. The lowest BCUT2D eigenvalue weighted by atomic mass is 10.2. The van der Waals surface area contributed by atoms with Gasteiger partial charge in [0.2, 0.25) is 17.7 Å². The van der Waals surface area contributed by atoms with Crippen molar-refractivity contribution in [3.63, 3.8) is 0 Å². The van der Waals surface area contributed by atoms with Crippen LogP contribution in [0, 0.1) is 0 Å². The van der Waals surface area contributed by atoms with E-state index in [0.717, 1.165) is 24.5 Å². The fourth-order valence-corrected chi connectivity index (χ4v) is 4.77. The van der Waals surface area contributed by atoms with Crippen LogP contribution in [0.25, 0.3) is 28.3 Å². The smallest absolute Gasteiger partial charge is 0.247 e. The second-order valence-corrected chi connectivity index (χ2v) is 9.27. The lowest BCUT2D eigenvalue weighted by molar-refractivity contribution is -0.134. The Balaban J connectivity index is 1.15. The molecule has 1 aromatic carbocycles. The van der Waals surface area contributed by atoms with Crippen molar-refractivity contribution in [2.75, 3.05) is 57.1 Å². The molecule has 2 N–H and O–H groups in total. The molecular weight excluding hydrogens is 502 g/mol. The minimum atomic E-state index is -0.570. The number of aromatic nitrogens is 6. The van der Waals surface area contributed by atoms with Crippen molar-refractivity contribution in [3.8, 4) is 17.3 Å². The zero-order chi connectivity index (χ0) is 26.9. The fraction of sp³-hybridized carbons (Fsp3) is 0.346. The van der Waals surface area contributed by atoms with Gasteiger partial charge in [-0.15, -0.1) is 5.10 Å². The van der Waals surface area contributed by atoms with Gasteiger partial charge in [-0.2, -0.15) is 14.6 Å². The van der Waals surface area contributed by atoms with Gasteiger partial charge in [0.05, 0.1) is 24.5 Å². The molecule has 13 heteroatoms. The van der Waals surface area contributed by atoms with Crippen LogP contribution < -0.4 is 15.4 Å². The van der Waals surface area contributed by atoms with Crippen molar-refractivity contribution >= 4 is 34.2 Å². The largest absolute Gasteiger partial charge is 0.491 e. The number of carbonyl (C=O) groups excluding carboxylic acids is 1. The number of ether oxygens (including phenoxy) is 2. The third kappa shape index (κ3) is 4.61. The first-order valence-electron chi connectivity index (χ1n) is 12.7. The van der Waals surface area contributed by atoms with E-state index in [2.05, 4.69) is 25.1 Å². The molecular formula is C26H29N9O4. The van der Waals surface area contributed by atoms with E-state index in [1.165, 1.54) is 4.52 Å². The summed E-state index contributed by atoms with van der Waals surface area (Å²) in [4.78, 5) is 26.7. The highest BCUT2D eigenvalue weighted by Gasteiger charge is 2.28. The number of benzene rings is 1. The first-order chi connectivity index (χ1) is 19.0. The van der Waals surface area contributed by atoms with E-state index in [0.29, 0.717) is 54.6 Å². The number of amides is 1. The highest BCUT2D eigenvalue weighted by Crippen LogP contribution is 2.26. The molecule has 5 aromatic rings. The first-order valence-corrected chi connectivity index (χ1v) is 12.7. The molecule has 6 rings (SSSR count). The topological polar surface area (TPSA) is 142 Å². The summed E-state index contributed by atoms with van der Waals surface area (Å²) in [6.45, 7) is 5.54. The van der Waals surface area contributed by atoms with Gasteiger partial charge in [0.25, 0.3) is 0 Å².